The fourth-order valence-corrected chi connectivity index (χ4v) is 3.41. The van der Waals surface area contributed by atoms with Gasteiger partial charge >= 0.3 is 0 Å². The predicted octanol–water partition coefficient (Wildman–Crippen LogP) is 4.04. The fraction of sp³-hybridized carbons (Fsp3) is 0.625. The van der Waals surface area contributed by atoms with Gasteiger partial charge in [0.15, 0.2) is 0 Å². The van der Waals surface area contributed by atoms with E-state index in [1.165, 1.54) is 6.42 Å². The van der Waals surface area contributed by atoms with Crippen LogP contribution >= 0.6 is 11.6 Å². The van der Waals surface area contributed by atoms with Gasteiger partial charge in [0.05, 0.1) is 11.1 Å². The van der Waals surface area contributed by atoms with Gasteiger partial charge in [0, 0.05) is 0 Å². The Bertz CT molecular complexity index is 411. The molecule has 0 spiro atoms. The number of para-hydroxylation sites is 1. The van der Waals surface area contributed by atoms with E-state index in [-0.39, 0.29) is 6.10 Å². The summed E-state index contributed by atoms with van der Waals surface area (Å²) in [4.78, 5) is 0. The topological polar surface area (TPSA) is 35.2 Å². The molecule has 1 aliphatic rings. The number of rotatable bonds is 4. The number of hydrogen-bond donors (Lipinski definition) is 1. The standard InChI is InChI=1S/C16H24ClNO/c1-11-8-12(2)10-14(9-11)19-16-13(6-7-18)4-3-5-15(16)17/h3-5,11-12,14H,6-10,18H2,1-2H3. The summed E-state index contributed by atoms with van der Waals surface area (Å²) in [7, 11) is 0. The molecule has 1 aliphatic carbocycles. The lowest BCUT2D eigenvalue weighted by atomic mass is 9.82. The molecule has 2 N–H and O–H groups in total. The second kappa shape index (κ2) is 6.62. The predicted molar refractivity (Wildman–Crippen MR) is 80.8 cm³/mol. The Balaban J connectivity index is 2.13. The quantitative estimate of drug-likeness (QED) is 0.904. The number of ether oxygens (including phenoxy) is 1. The monoisotopic (exact) mass is 281 g/mol. The normalized spacial score (nSPS) is 27.3. The van der Waals surface area contributed by atoms with Crippen LogP contribution in [-0.2, 0) is 6.42 Å². The lowest BCUT2D eigenvalue weighted by Gasteiger charge is -2.32. The second-order valence-electron chi connectivity index (χ2n) is 5.92. The van der Waals surface area contributed by atoms with Crippen LogP contribution in [0.1, 0.15) is 38.7 Å². The van der Waals surface area contributed by atoms with Crippen LogP contribution in [0.5, 0.6) is 5.75 Å². The van der Waals surface area contributed by atoms with Gasteiger partial charge in [-0.05, 0) is 55.7 Å². The van der Waals surface area contributed by atoms with Crippen molar-refractivity contribution in [3.63, 3.8) is 0 Å². The van der Waals surface area contributed by atoms with Crippen molar-refractivity contribution in [2.75, 3.05) is 6.54 Å². The van der Waals surface area contributed by atoms with Crippen LogP contribution in [0.25, 0.3) is 0 Å². The highest BCUT2D eigenvalue weighted by atomic mass is 35.5. The van der Waals surface area contributed by atoms with E-state index in [0.717, 1.165) is 42.4 Å². The molecule has 106 valence electrons. The van der Waals surface area contributed by atoms with Crippen LogP contribution in [-0.4, -0.2) is 12.6 Å². The SMILES string of the molecule is CC1CC(C)CC(Oc2c(Cl)cccc2CCN)C1. The molecule has 2 nitrogen and oxygen atoms in total. The first kappa shape index (κ1) is 14.7. The smallest absolute Gasteiger partial charge is 0.141 e. The third-order valence-corrected chi connectivity index (χ3v) is 4.18. The first-order valence-corrected chi connectivity index (χ1v) is 7.62. The molecular formula is C16H24ClNO. The lowest BCUT2D eigenvalue weighted by molar-refractivity contribution is 0.100. The van der Waals surface area contributed by atoms with Crippen molar-refractivity contribution in [3.8, 4) is 5.75 Å². The zero-order chi connectivity index (χ0) is 13.8. The molecule has 2 atom stereocenters. The second-order valence-corrected chi connectivity index (χ2v) is 6.33. The number of hydrogen-bond acceptors (Lipinski definition) is 2. The summed E-state index contributed by atoms with van der Waals surface area (Å²) < 4.78 is 6.22. The molecule has 1 aromatic carbocycles. The molecule has 0 amide bonds. The highest BCUT2D eigenvalue weighted by Gasteiger charge is 2.26. The average molecular weight is 282 g/mol. The van der Waals surface area contributed by atoms with Crippen molar-refractivity contribution in [2.45, 2.75) is 45.6 Å². The third kappa shape index (κ3) is 3.87. The largest absolute Gasteiger partial charge is 0.489 e. The van der Waals surface area contributed by atoms with Crippen LogP contribution in [0.2, 0.25) is 5.02 Å². The zero-order valence-corrected chi connectivity index (χ0v) is 12.6. The molecule has 0 heterocycles. The Morgan fingerprint density at radius 3 is 2.53 bits per heavy atom. The van der Waals surface area contributed by atoms with Crippen molar-refractivity contribution in [3.05, 3.63) is 28.8 Å². The first-order chi connectivity index (χ1) is 9.10. The van der Waals surface area contributed by atoms with Gasteiger partial charge < -0.3 is 10.5 Å². The summed E-state index contributed by atoms with van der Waals surface area (Å²) in [5, 5.41) is 0.705. The summed E-state index contributed by atoms with van der Waals surface area (Å²) in [6.45, 7) is 5.23. The fourth-order valence-electron chi connectivity index (χ4n) is 3.17. The van der Waals surface area contributed by atoms with Crippen LogP contribution in [0.3, 0.4) is 0 Å². The van der Waals surface area contributed by atoms with Crippen LogP contribution in [0, 0.1) is 11.8 Å². The van der Waals surface area contributed by atoms with Crippen LogP contribution < -0.4 is 10.5 Å². The number of halogens is 1. The molecule has 1 fully saturated rings. The summed E-state index contributed by atoms with van der Waals surface area (Å²) in [6, 6.07) is 5.92. The molecule has 0 bridgehead atoms. The maximum Gasteiger partial charge on any atom is 0.141 e. The van der Waals surface area contributed by atoms with E-state index in [1.807, 2.05) is 12.1 Å². The average Bonchev–Trinajstić information content (AvgIpc) is 2.32. The lowest BCUT2D eigenvalue weighted by Crippen LogP contribution is -2.29. The van der Waals surface area contributed by atoms with Crippen molar-refractivity contribution in [2.24, 2.45) is 17.6 Å². The Kier molecular flexibility index (Phi) is 5.12. The van der Waals surface area contributed by atoms with E-state index in [2.05, 4.69) is 19.9 Å². The zero-order valence-electron chi connectivity index (χ0n) is 11.9. The van der Waals surface area contributed by atoms with Crippen molar-refractivity contribution < 1.29 is 4.74 Å². The van der Waals surface area contributed by atoms with E-state index < -0.39 is 0 Å². The van der Waals surface area contributed by atoms with Gasteiger partial charge in [0.25, 0.3) is 0 Å². The highest BCUT2D eigenvalue weighted by molar-refractivity contribution is 6.32. The molecule has 1 saturated carbocycles. The van der Waals surface area contributed by atoms with Crippen LogP contribution in [0.15, 0.2) is 18.2 Å². The summed E-state index contributed by atoms with van der Waals surface area (Å²) in [5.74, 6) is 2.31. The van der Waals surface area contributed by atoms with Crippen molar-refractivity contribution >= 4 is 11.6 Å². The Labute approximate surface area is 121 Å². The van der Waals surface area contributed by atoms with Crippen molar-refractivity contribution in [1.29, 1.82) is 0 Å². The maximum atomic E-state index is 6.29. The molecule has 1 aromatic rings. The molecule has 0 radical (unpaired) electrons. The van der Waals surface area contributed by atoms with E-state index in [4.69, 9.17) is 22.1 Å². The first-order valence-electron chi connectivity index (χ1n) is 7.24. The molecular weight excluding hydrogens is 258 g/mol. The van der Waals surface area contributed by atoms with Gasteiger partial charge in [-0.15, -0.1) is 0 Å². The molecule has 0 aliphatic heterocycles. The highest BCUT2D eigenvalue weighted by Crippen LogP contribution is 2.35. The van der Waals surface area contributed by atoms with E-state index in [9.17, 15) is 0 Å². The minimum atomic E-state index is 0.287. The van der Waals surface area contributed by atoms with Gasteiger partial charge in [0.2, 0.25) is 0 Å². The van der Waals surface area contributed by atoms with Gasteiger partial charge in [-0.1, -0.05) is 37.6 Å². The Morgan fingerprint density at radius 1 is 1.21 bits per heavy atom. The Morgan fingerprint density at radius 2 is 1.89 bits per heavy atom. The van der Waals surface area contributed by atoms with E-state index >= 15 is 0 Å². The molecule has 3 heteroatoms. The summed E-state index contributed by atoms with van der Waals surface area (Å²) >= 11 is 6.29. The van der Waals surface area contributed by atoms with Gasteiger partial charge in [0.1, 0.15) is 5.75 Å². The van der Waals surface area contributed by atoms with E-state index in [1.54, 1.807) is 0 Å². The molecule has 0 aromatic heterocycles. The maximum absolute atomic E-state index is 6.29. The Hall–Kier alpha value is -0.730. The molecule has 19 heavy (non-hydrogen) atoms. The minimum absolute atomic E-state index is 0.287. The van der Waals surface area contributed by atoms with Gasteiger partial charge in [-0.2, -0.15) is 0 Å². The van der Waals surface area contributed by atoms with Gasteiger partial charge in [-0.3, -0.25) is 0 Å². The molecule has 0 saturated heterocycles. The number of nitrogens with two attached hydrogens (primary N) is 1. The summed E-state index contributed by atoms with van der Waals surface area (Å²) in [5.41, 5.74) is 6.78. The third-order valence-electron chi connectivity index (χ3n) is 3.88. The van der Waals surface area contributed by atoms with E-state index in [0.29, 0.717) is 11.6 Å². The van der Waals surface area contributed by atoms with Crippen LogP contribution in [0.4, 0.5) is 0 Å². The van der Waals surface area contributed by atoms with Gasteiger partial charge in [-0.25, -0.2) is 0 Å². The number of benzene rings is 1. The summed E-state index contributed by atoms with van der Waals surface area (Å²) in [6.07, 6.45) is 4.65. The molecule has 2 unspecified atom stereocenters. The molecule has 2 rings (SSSR count). The van der Waals surface area contributed by atoms with Crippen molar-refractivity contribution in [1.82, 2.24) is 0 Å². The minimum Gasteiger partial charge on any atom is -0.489 e.